The largest absolute Gasteiger partial charge is 0.310 e. The average molecular weight is 265 g/mol. The lowest BCUT2D eigenvalue weighted by Gasteiger charge is -2.16. The molecule has 1 N–H and O–H groups in total. The summed E-state index contributed by atoms with van der Waals surface area (Å²) >= 11 is 0. The highest BCUT2D eigenvalue weighted by molar-refractivity contribution is 5.64. The zero-order valence-corrected chi connectivity index (χ0v) is 11.9. The van der Waals surface area contributed by atoms with Crippen LogP contribution >= 0.6 is 0 Å². The minimum Gasteiger partial charge on any atom is -0.310 e. The van der Waals surface area contributed by atoms with Gasteiger partial charge in [0.2, 0.25) is 0 Å². The van der Waals surface area contributed by atoms with Gasteiger partial charge in [-0.2, -0.15) is 5.26 Å². The molecule has 0 spiro atoms. The normalized spacial score (nSPS) is 11.8. The van der Waals surface area contributed by atoms with Gasteiger partial charge in [0.1, 0.15) is 6.07 Å². The molecule has 0 aliphatic carbocycles. The Balaban J connectivity index is 2.25. The van der Waals surface area contributed by atoms with Crippen LogP contribution in [-0.2, 0) is 0 Å². The molecule has 20 heavy (non-hydrogen) atoms. The van der Waals surface area contributed by atoms with E-state index in [1.54, 1.807) is 12.4 Å². The quantitative estimate of drug-likeness (QED) is 0.897. The van der Waals surface area contributed by atoms with Crippen molar-refractivity contribution in [1.82, 2.24) is 10.3 Å². The van der Waals surface area contributed by atoms with Gasteiger partial charge >= 0.3 is 0 Å². The lowest BCUT2D eigenvalue weighted by Crippen LogP contribution is -2.19. The van der Waals surface area contributed by atoms with E-state index in [4.69, 9.17) is 5.26 Å². The Morgan fingerprint density at radius 1 is 1.15 bits per heavy atom. The van der Waals surface area contributed by atoms with Crippen molar-refractivity contribution < 1.29 is 0 Å². The monoisotopic (exact) mass is 265 g/mol. The molecular formula is C17H19N3. The summed E-state index contributed by atoms with van der Waals surface area (Å²) in [6, 6.07) is 12.9. The molecule has 0 radical (unpaired) electrons. The van der Waals surface area contributed by atoms with Crippen molar-refractivity contribution in [2.24, 2.45) is 0 Å². The number of nitrogens with one attached hydrogen (secondary N) is 1. The molecule has 1 aromatic heterocycles. The van der Waals surface area contributed by atoms with E-state index in [-0.39, 0.29) is 0 Å². The van der Waals surface area contributed by atoms with Crippen molar-refractivity contribution in [3.63, 3.8) is 0 Å². The smallest absolute Gasteiger partial charge is 0.101 e. The molecule has 0 saturated heterocycles. The Morgan fingerprint density at radius 3 is 2.50 bits per heavy atom. The maximum absolute atomic E-state index is 8.92. The predicted molar refractivity (Wildman–Crippen MR) is 81.1 cm³/mol. The van der Waals surface area contributed by atoms with Gasteiger partial charge in [-0.05, 0) is 30.2 Å². The highest BCUT2D eigenvalue weighted by Gasteiger charge is 2.07. The van der Waals surface area contributed by atoms with Crippen LogP contribution in [0.3, 0.4) is 0 Å². The number of hydrogen-bond donors (Lipinski definition) is 1. The molecule has 0 aliphatic heterocycles. The minimum absolute atomic E-state index is 0.401. The third kappa shape index (κ3) is 3.23. The van der Waals surface area contributed by atoms with Crippen LogP contribution in [0.2, 0.25) is 0 Å². The fraction of sp³-hybridized carbons (Fsp3) is 0.294. The number of benzene rings is 1. The molecule has 0 saturated carbocycles. The van der Waals surface area contributed by atoms with Crippen LogP contribution in [0.25, 0.3) is 11.1 Å². The molecule has 0 bridgehead atoms. The Labute approximate surface area is 120 Å². The van der Waals surface area contributed by atoms with Crippen LogP contribution in [-0.4, -0.2) is 11.5 Å². The van der Waals surface area contributed by atoms with E-state index < -0.39 is 0 Å². The van der Waals surface area contributed by atoms with E-state index in [0.29, 0.717) is 11.6 Å². The molecular weight excluding hydrogens is 246 g/mol. The summed E-state index contributed by atoms with van der Waals surface area (Å²) in [6.07, 6.45) is 4.44. The maximum Gasteiger partial charge on any atom is 0.101 e. The molecule has 2 rings (SSSR count). The fourth-order valence-corrected chi connectivity index (χ4v) is 2.31. The molecule has 3 nitrogen and oxygen atoms in total. The third-order valence-electron chi connectivity index (χ3n) is 3.37. The molecule has 1 atom stereocenters. The predicted octanol–water partition coefficient (Wildman–Crippen LogP) is 3.68. The summed E-state index contributed by atoms with van der Waals surface area (Å²) in [5.74, 6) is 0. The summed E-state index contributed by atoms with van der Waals surface area (Å²) in [7, 11) is 0. The van der Waals surface area contributed by atoms with Crippen molar-refractivity contribution in [2.75, 3.05) is 6.54 Å². The lowest BCUT2D eigenvalue weighted by molar-refractivity contribution is 0.537. The molecule has 1 unspecified atom stereocenters. The van der Waals surface area contributed by atoms with Gasteiger partial charge in [0.15, 0.2) is 0 Å². The van der Waals surface area contributed by atoms with E-state index in [1.165, 1.54) is 5.56 Å². The van der Waals surface area contributed by atoms with Crippen molar-refractivity contribution in [3.05, 3.63) is 53.9 Å². The summed E-state index contributed by atoms with van der Waals surface area (Å²) in [6.45, 7) is 5.27. The number of hydrogen-bond acceptors (Lipinski definition) is 3. The molecule has 1 aromatic carbocycles. The highest BCUT2D eigenvalue weighted by Crippen LogP contribution is 2.23. The van der Waals surface area contributed by atoms with Crippen molar-refractivity contribution in [2.45, 2.75) is 26.3 Å². The second-order valence-corrected chi connectivity index (χ2v) is 4.71. The molecule has 102 valence electrons. The van der Waals surface area contributed by atoms with Crippen LogP contribution in [0.1, 0.15) is 37.4 Å². The van der Waals surface area contributed by atoms with Gasteiger partial charge in [-0.1, -0.05) is 38.1 Å². The first-order valence-electron chi connectivity index (χ1n) is 6.97. The van der Waals surface area contributed by atoms with Gasteiger partial charge < -0.3 is 5.32 Å². The standard InChI is InChI=1S/C17H19N3/c1-3-17(20-4-2)15-7-5-14(6-8-15)16-9-13(10-18)11-19-12-16/h5-9,11-12,17,20H,3-4H2,1-2H3. The molecule has 1 heterocycles. The number of aromatic nitrogens is 1. The first kappa shape index (κ1) is 14.2. The van der Waals surface area contributed by atoms with Crippen LogP contribution in [0.4, 0.5) is 0 Å². The number of nitrogens with zero attached hydrogens (tertiary/aromatic N) is 2. The zero-order chi connectivity index (χ0) is 14.4. The van der Waals surface area contributed by atoms with Crippen LogP contribution in [0.5, 0.6) is 0 Å². The summed E-state index contributed by atoms with van der Waals surface area (Å²) in [4.78, 5) is 4.10. The third-order valence-corrected chi connectivity index (χ3v) is 3.37. The van der Waals surface area contributed by atoms with Gasteiger partial charge in [-0.15, -0.1) is 0 Å². The van der Waals surface area contributed by atoms with Crippen molar-refractivity contribution >= 4 is 0 Å². The Bertz CT molecular complexity index is 596. The zero-order valence-electron chi connectivity index (χ0n) is 11.9. The maximum atomic E-state index is 8.92. The van der Waals surface area contributed by atoms with E-state index >= 15 is 0 Å². The molecule has 3 heteroatoms. The molecule has 2 aromatic rings. The summed E-state index contributed by atoms with van der Waals surface area (Å²) in [5.41, 5.74) is 3.95. The topological polar surface area (TPSA) is 48.7 Å². The molecule has 0 fully saturated rings. The second kappa shape index (κ2) is 6.83. The van der Waals surface area contributed by atoms with Gasteiger partial charge in [-0.25, -0.2) is 0 Å². The summed E-state index contributed by atoms with van der Waals surface area (Å²) in [5, 5.41) is 12.4. The van der Waals surface area contributed by atoms with E-state index in [2.05, 4.69) is 54.5 Å². The molecule has 0 aliphatic rings. The van der Waals surface area contributed by atoms with Gasteiger partial charge in [0, 0.05) is 24.0 Å². The molecule has 0 amide bonds. The minimum atomic E-state index is 0.401. The number of pyridine rings is 1. The van der Waals surface area contributed by atoms with E-state index in [0.717, 1.165) is 24.1 Å². The SMILES string of the molecule is CCNC(CC)c1ccc(-c2cncc(C#N)c2)cc1. The van der Waals surface area contributed by atoms with Gasteiger partial charge in [0.25, 0.3) is 0 Å². The van der Waals surface area contributed by atoms with Crippen molar-refractivity contribution in [3.8, 4) is 17.2 Å². The van der Waals surface area contributed by atoms with E-state index in [1.807, 2.05) is 6.07 Å². The first-order chi connectivity index (χ1) is 9.78. The van der Waals surface area contributed by atoms with Crippen LogP contribution in [0.15, 0.2) is 42.7 Å². The second-order valence-electron chi connectivity index (χ2n) is 4.71. The van der Waals surface area contributed by atoms with Gasteiger partial charge in [-0.3, -0.25) is 4.98 Å². The van der Waals surface area contributed by atoms with E-state index in [9.17, 15) is 0 Å². The summed E-state index contributed by atoms with van der Waals surface area (Å²) < 4.78 is 0. The fourth-order valence-electron chi connectivity index (χ4n) is 2.31. The highest BCUT2D eigenvalue weighted by atomic mass is 14.9. The van der Waals surface area contributed by atoms with Crippen molar-refractivity contribution in [1.29, 1.82) is 5.26 Å². The Morgan fingerprint density at radius 2 is 1.90 bits per heavy atom. The number of nitriles is 1. The number of rotatable bonds is 5. The van der Waals surface area contributed by atoms with Crippen LogP contribution < -0.4 is 5.32 Å². The Hall–Kier alpha value is -2.18. The van der Waals surface area contributed by atoms with Gasteiger partial charge in [0.05, 0.1) is 5.56 Å². The first-order valence-corrected chi connectivity index (χ1v) is 6.97. The van der Waals surface area contributed by atoms with Crippen LogP contribution in [0, 0.1) is 11.3 Å². The lowest BCUT2D eigenvalue weighted by atomic mass is 10.00. The average Bonchev–Trinajstić information content (AvgIpc) is 2.53. The Kier molecular flexibility index (Phi) is 4.86.